The van der Waals surface area contributed by atoms with Crippen LogP contribution in [0, 0.1) is 12.8 Å². The van der Waals surface area contributed by atoms with Crippen molar-refractivity contribution < 1.29 is 9.53 Å². The Labute approximate surface area is 135 Å². The molecular weight excluding hydrogens is 292 g/mol. The van der Waals surface area contributed by atoms with Gasteiger partial charge in [0.2, 0.25) is 0 Å². The summed E-state index contributed by atoms with van der Waals surface area (Å²) in [5.41, 5.74) is 1.27. The van der Waals surface area contributed by atoms with Crippen LogP contribution in [0.3, 0.4) is 0 Å². The molecule has 2 aromatic heterocycles. The van der Waals surface area contributed by atoms with Crippen molar-refractivity contribution in [1.82, 2.24) is 19.9 Å². The first-order valence-electron chi connectivity index (χ1n) is 7.94. The number of aryl methyl sites for hydroxylation is 2. The van der Waals surface area contributed by atoms with Crippen LogP contribution < -0.4 is 5.32 Å². The smallest absolute Gasteiger partial charge is 0.270 e. The first-order chi connectivity index (χ1) is 11.1. The number of imidazole rings is 1. The molecular formula is C17H22N4O2. The molecule has 0 saturated carbocycles. The van der Waals surface area contributed by atoms with Crippen molar-refractivity contribution in [2.75, 3.05) is 13.2 Å². The fourth-order valence-electron chi connectivity index (χ4n) is 3.00. The molecule has 1 aliphatic heterocycles. The lowest BCUT2D eigenvalue weighted by Crippen LogP contribution is -2.37. The van der Waals surface area contributed by atoms with E-state index in [1.807, 2.05) is 36.9 Å². The van der Waals surface area contributed by atoms with E-state index in [4.69, 9.17) is 4.74 Å². The number of carbonyl (C=O) groups is 1. The van der Waals surface area contributed by atoms with Crippen LogP contribution in [0.2, 0.25) is 0 Å². The minimum atomic E-state index is -0.159. The summed E-state index contributed by atoms with van der Waals surface area (Å²) < 4.78 is 7.41. The van der Waals surface area contributed by atoms with Crippen LogP contribution in [0.4, 0.5) is 0 Å². The van der Waals surface area contributed by atoms with Gasteiger partial charge in [-0.2, -0.15) is 0 Å². The Morgan fingerprint density at radius 1 is 1.39 bits per heavy atom. The first kappa shape index (κ1) is 15.7. The van der Waals surface area contributed by atoms with Gasteiger partial charge in [0.25, 0.3) is 5.91 Å². The molecule has 1 saturated heterocycles. The largest absolute Gasteiger partial charge is 0.381 e. The zero-order valence-electron chi connectivity index (χ0n) is 13.5. The molecule has 1 N–H and O–H groups in total. The van der Waals surface area contributed by atoms with Crippen LogP contribution >= 0.6 is 0 Å². The fourth-order valence-corrected chi connectivity index (χ4v) is 3.00. The van der Waals surface area contributed by atoms with Crippen molar-refractivity contribution in [1.29, 1.82) is 0 Å². The van der Waals surface area contributed by atoms with Gasteiger partial charge >= 0.3 is 0 Å². The highest BCUT2D eigenvalue weighted by Gasteiger charge is 2.30. The summed E-state index contributed by atoms with van der Waals surface area (Å²) in [5.74, 6) is 1.03. The third-order valence-electron chi connectivity index (χ3n) is 4.28. The topological polar surface area (TPSA) is 69.0 Å². The second kappa shape index (κ2) is 6.91. The number of ether oxygens (including phenoxy) is 1. The van der Waals surface area contributed by atoms with Crippen LogP contribution in [-0.2, 0) is 11.8 Å². The Bertz CT molecular complexity index is 677. The molecule has 1 amide bonds. The van der Waals surface area contributed by atoms with E-state index >= 15 is 0 Å². The summed E-state index contributed by atoms with van der Waals surface area (Å²) in [4.78, 5) is 21.4. The van der Waals surface area contributed by atoms with Gasteiger partial charge in [-0.05, 0) is 37.8 Å². The Kier molecular flexibility index (Phi) is 4.71. The van der Waals surface area contributed by atoms with E-state index in [2.05, 4.69) is 15.3 Å². The molecule has 0 aromatic carbocycles. The minimum Gasteiger partial charge on any atom is -0.381 e. The predicted molar refractivity (Wildman–Crippen MR) is 85.9 cm³/mol. The number of amides is 1. The van der Waals surface area contributed by atoms with Gasteiger partial charge < -0.3 is 14.6 Å². The van der Waals surface area contributed by atoms with Crippen molar-refractivity contribution in [2.24, 2.45) is 13.0 Å². The maximum atomic E-state index is 12.6. The maximum absolute atomic E-state index is 12.6. The number of nitrogens with one attached hydrogen (secondary N) is 1. The quantitative estimate of drug-likeness (QED) is 0.937. The number of aromatic nitrogens is 3. The van der Waals surface area contributed by atoms with E-state index < -0.39 is 0 Å². The van der Waals surface area contributed by atoms with Crippen molar-refractivity contribution in [3.63, 3.8) is 0 Å². The molecule has 23 heavy (non-hydrogen) atoms. The standard InChI is InChI=1S/C17H22N4O2/c1-12-4-3-5-14(19-12)17(22)20-15(13-6-10-23-11-7-13)16-18-8-9-21(16)2/h3-5,8-9,13,15H,6-7,10-11H2,1-2H3,(H,20,22). The number of carbonyl (C=O) groups excluding carboxylic acids is 1. The summed E-state index contributed by atoms with van der Waals surface area (Å²) in [6.45, 7) is 3.33. The van der Waals surface area contributed by atoms with Crippen molar-refractivity contribution >= 4 is 5.91 Å². The number of pyridine rings is 1. The van der Waals surface area contributed by atoms with Gasteiger partial charge in [-0.3, -0.25) is 4.79 Å². The van der Waals surface area contributed by atoms with Gasteiger partial charge in [0.15, 0.2) is 0 Å². The molecule has 1 unspecified atom stereocenters. The molecule has 1 fully saturated rings. The van der Waals surface area contributed by atoms with Gasteiger partial charge in [0.05, 0.1) is 6.04 Å². The molecule has 0 spiro atoms. The Balaban J connectivity index is 1.83. The average Bonchev–Trinajstić information content (AvgIpc) is 2.99. The monoisotopic (exact) mass is 314 g/mol. The third kappa shape index (κ3) is 3.59. The molecule has 6 nitrogen and oxygen atoms in total. The van der Waals surface area contributed by atoms with Gasteiger partial charge in [-0.15, -0.1) is 0 Å². The van der Waals surface area contributed by atoms with E-state index in [-0.39, 0.29) is 11.9 Å². The van der Waals surface area contributed by atoms with E-state index in [0.717, 1.165) is 37.6 Å². The van der Waals surface area contributed by atoms with Crippen LogP contribution in [0.1, 0.15) is 40.9 Å². The molecule has 0 radical (unpaired) electrons. The zero-order chi connectivity index (χ0) is 16.2. The lowest BCUT2D eigenvalue weighted by Gasteiger charge is -2.30. The predicted octanol–water partition coefficient (Wildman–Crippen LogP) is 2.02. The fraction of sp³-hybridized carbons (Fsp3) is 0.471. The van der Waals surface area contributed by atoms with E-state index in [0.29, 0.717) is 11.6 Å². The Hall–Kier alpha value is -2.21. The maximum Gasteiger partial charge on any atom is 0.270 e. The van der Waals surface area contributed by atoms with Crippen LogP contribution in [0.15, 0.2) is 30.6 Å². The molecule has 1 atom stereocenters. The molecule has 6 heteroatoms. The highest BCUT2D eigenvalue weighted by atomic mass is 16.5. The highest BCUT2D eigenvalue weighted by molar-refractivity contribution is 5.92. The summed E-state index contributed by atoms with van der Waals surface area (Å²) >= 11 is 0. The second-order valence-electron chi connectivity index (χ2n) is 5.96. The average molecular weight is 314 g/mol. The van der Waals surface area contributed by atoms with Crippen LogP contribution in [0.5, 0.6) is 0 Å². The number of nitrogens with zero attached hydrogens (tertiary/aromatic N) is 3. The van der Waals surface area contributed by atoms with Crippen molar-refractivity contribution in [3.05, 3.63) is 47.8 Å². The van der Waals surface area contributed by atoms with Crippen molar-refractivity contribution in [3.8, 4) is 0 Å². The molecule has 3 heterocycles. The Morgan fingerprint density at radius 2 is 2.17 bits per heavy atom. The molecule has 2 aromatic rings. The highest BCUT2D eigenvalue weighted by Crippen LogP contribution is 2.29. The van der Waals surface area contributed by atoms with Gasteiger partial charge in [0.1, 0.15) is 11.5 Å². The Morgan fingerprint density at radius 3 is 2.83 bits per heavy atom. The molecule has 3 rings (SSSR count). The lowest BCUT2D eigenvalue weighted by atomic mass is 9.91. The SMILES string of the molecule is Cc1cccc(C(=O)NC(c2nccn2C)C2CCOCC2)n1. The summed E-state index contributed by atoms with van der Waals surface area (Å²) in [6.07, 6.45) is 5.50. The third-order valence-corrected chi connectivity index (χ3v) is 4.28. The first-order valence-corrected chi connectivity index (χ1v) is 7.94. The number of hydrogen-bond acceptors (Lipinski definition) is 4. The zero-order valence-corrected chi connectivity index (χ0v) is 13.5. The number of rotatable bonds is 4. The van der Waals surface area contributed by atoms with E-state index in [1.54, 1.807) is 12.3 Å². The second-order valence-corrected chi connectivity index (χ2v) is 5.96. The molecule has 1 aliphatic rings. The summed E-state index contributed by atoms with van der Waals surface area (Å²) in [5, 5.41) is 3.13. The van der Waals surface area contributed by atoms with Gasteiger partial charge in [-0.1, -0.05) is 6.07 Å². The van der Waals surface area contributed by atoms with Gasteiger partial charge in [-0.25, -0.2) is 9.97 Å². The van der Waals surface area contributed by atoms with Crippen LogP contribution in [0.25, 0.3) is 0 Å². The minimum absolute atomic E-state index is 0.131. The molecule has 122 valence electrons. The van der Waals surface area contributed by atoms with Crippen LogP contribution in [-0.4, -0.2) is 33.7 Å². The van der Waals surface area contributed by atoms with E-state index in [9.17, 15) is 4.79 Å². The number of hydrogen-bond donors (Lipinski definition) is 1. The molecule has 0 bridgehead atoms. The van der Waals surface area contributed by atoms with Gasteiger partial charge in [0, 0.05) is 38.3 Å². The van der Waals surface area contributed by atoms with Crippen molar-refractivity contribution in [2.45, 2.75) is 25.8 Å². The normalized spacial score (nSPS) is 17.0. The lowest BCUT2D eigenvalue weighted by molar-refractivity contribution is 0.0498. The summed E-state index contributed by atoms with van der Waals surface area (Å²) in [6, 6.07) is 5.34. The summed E-state index contributed by atoms with van der Waals surface area (Å²) in [7, 11) is 1.95. The van der Waals surface area contributed by atoms with E-state index in [1.165, 1.54) is 0 Å². The molecule has 0 aliphatic carbocycles.